The van der Waals surface area contributed by atoms with Crippen molar-refractivity contribution in [2.24, 2.45) is 11.3 Å². The van der Waals surface area contributed by atoms with Crippen LogP contribution in [-0.2, 0) is 4.79 Å². The van der Waals surface area contributed by atoms with E-state index in [1.807, 2.05) is 0 Å². The van der Waals surface area contributed by atoms with Gasteiger partial charge in [-0.15, -0.1) is 0 Å². The first-order valence-corrected chi connectivity index (χ1v) is 4.90. The number of hydrogen-bond donors (Lipinski definition) is 0. The highest BCUT2D eigenvalue weighted by molar-refractivity contribution is 5.84. The van der Waals surface area contributed by atoms with Gasteiger partial charge in [-0.25, -0.2) is 0 Å². The summed E-state index contributed by atoms with van der Waals surface area (Å²) in [6.45, 7) is 2.29. The van der Waals surface area contributed by atoms with E-state index in [4.69, 9.17) is 0 Å². The SMILES string of the molecule is CC12CCC=CCC1C(=O)CC2. The van der Waals surface area contributed by atoms with E-state index >= 15 is 0 Å². The van der Waals surface area contributed by atoms with Crippen molar-refractivity contribution >= 4 is 5.78 Å². The average Bonchev–Trinajstić information content (AvgIpc) is 2.24. The minimum absolute atomic E-state index is 0.334. The van der Waals surface area contributed by atoms with Gasteiger partial charge in [0.1, 0.15) is 5.78 Å². The van der Waals surface area contributed by atoms with Gasteiger partial charge in [-0.05, 0) is 31.1 Å². The van der Waals surface area contributed by atoms with Crippen LogP contribution < -0.4 is 0 Å². The Bertz CT molecular complexity index is 229. The summed E-state index contributed by atoms with van der Waals surface area (Å²) in [5, 5.41) is 0. The van der Waals surface area contributed by atoms with Gasteiger partial charge in [-0.1, -0.05) is 19.1 Å². The summed E-state index contributed by atoms with van der Waals surface area (Å²) < 4.78 is 0. The van der Waals surface area contributed by atoms with Gasteiger partial charge in [0.25, 0.3) is 0 Å². The molecular weight excluding hydrogens is 148 g/mol. The Morgan fingerprint density at radius 1 is 1.42 bits per heavy atom. The lowest BCUT2D eigenvalue weighted by molar-refractivity contribution is -0.122. The van der Waals surface area contributed by atoms with Crippen LogP contribution in [0.15, 0.2) is 12.2 Å². The van der Waals surface area contributed by atoms with E-state index in [1.54, 1.807) is 0 Å². The zero-order valence-corrected chi connectivity index (χ0v) is 7.68. The molecule has 2 aliphatic carbocycles. The molecule has 0 aromatic carbocycles. The molecule has 0 aliphatic heterocycles. The van der Waals surface area contributed by atoms with Crippen LogP contribution in [0.2, 0.25) is 0 Å². The highest BCUT2D eigenvalue weighted by Gasteiger charge is 2.43. The molecular formula is C11H16O. The third-order valence-corrected chi connectivity index (χ3v) is 3.59. The molecule has 0 amide bonds. The molecule has 0 aromatic rings. The fraction of sp³-hybridized carbons (Fsp3) is 0.727. The lowest BCUT2D eigenvalue weighted by Gasteiger charge is -2.27. The largest absolute Gasteiger partial charge is 0.299 e. The van der Waals surface area contributed by atoms with E-state index in [0.717, 1.165) is 19.3 Å². The Labute approximate surface area is 73.8 Å². The Morgan fingerprint density at radius 3 is 3.08 bits per heavy atom. The van der Waals surface area contributed by atoms with E-state index in [1.165, 1.54) is 12.8 Å². The van der Waals surface area contributed by atoms with Crippen LogP contribution in [0, 0.1) is 11.3 Å². The van der Waals surface area contributed by atoms with E-state index in [0.29, 0.717) is 17.1 Å². The first-order valence-electron chi connectivity index (χ1n) is 4.90. The van der Waals surface area contributed by atoms with Crippen molar-refractivity contribution in [3.8, 4) is 0 Å². The zero-order valence-electron chi connectivity index (χ0n) is 7.68. The molecule has 1 saturated carbocycles. The number of hydrogen-bond acceptors (Lipinski definition) is 1. The minimum atomic E-state index is 0.334. The third kappa shape index (κ3) is 1.12. The molecule has 0 heterocycles. The van der Waals surface area contributed by atoms with E-state index < -0.39 is 0 Å². The summed E-state index contributed by atoms with van der Waals surface area (Å²) in [6.07, 6.45) is 9.75. The summed E-state index contributed by atoms with van der Waals surface area (Å²) in [5.74, 6) is 0.848. The van der Waals surface area contributed by atoms with Crippen molar-refractivity contribution in [1.82, 2.24) is 0 Å². The molecule has 66 valence electrons. The average molecular weight is 164 g/mol. The third-order valence-electron chi connectivity index (χ3n) is 3.59. The van der Waals surface area contributed by atoms with Crippen molar-refractivity contribution in [2.45, 2.75) is 39.0 Å². The quantitative estimate of drug-likeness (QED) is 0.503. The van der Waals surface area contributed by atoms with Crippen molar-refractivity contribution in [1.29, 1.82) is 0 Å². The monoisotopic (exact) mass is 164 g/mol. The standard InChI is InChI=1S/C11H16O/c1-11-7-4-2-3-5-9(11)10(12)6-8-11/h2-3,9H,4-8H2,1H3. The predicted molar refractivity (Wildman–Crippen MR) is 48.8 cm³/mol. The number of rotatable bonds is 0. The van der Waals surface area contributed by atoms with E-state index in [-0.39, 0.29) is 0 Å². The Balaban J connectivity index is 2.24. The highest BCUT2D eigenvalue weighted by atomic mass is 16.1. The molecule has 0 radical (unpaired) electrons. The zero-order chi connectivity index (χ0) is 8.60. The molecule has 2 rings (SSSR count). The van der Waals surface area contributed by atoms with Gasteiger partial charge in [0.05, 0.1) is 0 Å². The van der Waals surface area contributed by atoms with Gasteiger partial charge in [0.15, 0.2) is 0 Å². The van der Waals surface area contributed by atoms with Crippen molar-refractivity contribution < 1.29 is 4.79 Å². The van der Waals surface area contributed by atoms with Crippen LogP contribution in [0.25, 0.3) is 0 Å². The number of carbonyl (C=O) groups excluding carboxylic acids is 1. The summed E-state index contributed by atoms with van der Waals surface area (Å²) in [4.78, 5) is 11.5. The molecule has 0 saturated heterocycles. The van der Waals surface area contributed by atoms with E-state index in [9.17, 15) is 4.79 Å². The van der Waals surface area contributed by atoms with Crippen molar-refractivity contribution in [3.63, 3.8) is 0 Å². The number of fused-ring (bicyclic) bond motifs is 1. The van der Waals surface area contributed by atoms with Gasteiger partial charge >= 0.3 is 0 Å². The van der Waals surface area contributed by atoms with Gasteiger partial charge < -0.3 is 0 Å². The molecule has 1 fully saturated rings. The maximum atomic E-state index is 11.5. The molecule has 0 N–H and O–H groups in total. The number of carbonyl (C=O) groups is 1. The van der Waals surface area contributed by atoms with Crippen molar-refractivity contribution in [2.75, 3.05) is 0 Å². The summed E-state index contributed by atoms with van der Waals surface area (Å²) in [5.41, 5.74) is 0.334. The lowest BCUT2D eigenvalue weighted by atomic mass is 9.76. The highest BCUT2D eigenvalue weighted by Crippen LogP contribution is 2.47. The fourth-order valence-corrected chi connectivity index (χ4v) is 2.62. The molecule has 1 nitrogen and oxygen atoms in total. The first kappa shape index (κ1) is 8.03. The first-order chi connectivity index (χ1) is 5.72. The maximum Gasteiger partial charge on any atom is 0.136 e. The topological polar surface area (TPSA) is 17.1 Å². The van der Waals surface area contributed by atoms with Crippen LogP contribution in [0.1, 0.15) is 39.0 Å². The molecule has 2 atom stereocenters. The summed E-state index contributed by atoms with van der Waals surface area (Å²) in [7, 11) is 0. The normalized spacial score (nSPS) is 41.1. The van der Waals surface area contributed by atoms with Gasteiger partial charge in [0.2, 0.25) is 0 Å². The molecule has 2 unspecified atom stereocenters. The number of ketones is 1. The van der Waals surface area contributed by atoms with Gasteiger partial charge in [-0.2, -0.15) is 0 Å². The van der Waals surface area contributed by atoms with E-state index in [2.05, 4.69) is 19.1 Å². The Hall–Kier alpha value is -0.590. The summed E-state index contributed by atoms with van der Waals surface area (Å²) >= 11 is 0. The maximum absolute atomic E-state index is 11.5. The van der Waals surface area contributed by atoms with Crippen LogP contribution in [-0.4, -0.2) is 5.78 Å². The lowest BCUT2D eigenvalue weighted by Crippen LogP contribution is -2.23. The number of allylic oxidation sites excluding steroid dienone is 2. The summed E-state index contributed by atoms with van der Waals surface area (Å²) in [6, 6.07) is 0. The Kier molecular flexibility index (Phi) is 1.82. The molecule has 2 aliphatic rings. The number of Topliss-reactive ketones (excluding diaryl/α,β-unsaturated/α-hetero) is 1. The fourth-order valence-electron chi connectivity index (χ4n) is 2.62. The smallest absolute Gasteiger partial charge is 0.136 e. The predicted octanol–water partition coefficient (Wildman–Crippen LogP) is 2.71. The second-order valence-electron chi connectivity index (χ2n) is 4.42. The van der Waals surface area contributed by atoms with Gasteiger partial charge in [0, 0.05) is 12.3 Å². The van der Waals surface area contributed by atoms with Crippen LogP contribution in [0.5, 0.6) is 0 Å². The minimum Gasteiger partial charge on any atom is -0.299 e. The van der Waals surface area contributed by atoms with Crippen LogP contribution >= 0.6 is 0 Å². The van der Waals surface area contributed by atoms with Gasteiger partial charge in [-0.3, -0.25) is 4.79 Å². The van der Waals surface area contributed by atoms with Crippen LogP contribution in [0.3, 0.4) is 0 Å². The Morgan fingerprint density at radius 2 is 2.25 bits per heavy atom. The van der Waals surface area contributed by atoms with Crippen molar-refractivity contribution in [3.05, 3.63) is 12.2 Å². The molecule has 12 heavy (non-hydrogen) atoms. The molecule has 1 heteroatoms. The molecule has 0 aromatic heterocycles. The molecule has 0 bridgehead atoms. The molecule has 0 spiro atoms. The van der Waals surface area contributed by atoms with Crippen LogP contribution in [0.4, 0.5) is 0 Å². The second-order valence-corrected chi connectivity index (χ2v) is 4.42. The second kappa shape index (κ2) is 2.72.